The maximum absolute atomic E-state index is 12.2. The molecule has 0 radical (unpaired) electrons. The Morgan fingerprint density at radius 2 is 1.86 bits per heavy atom. The molecular formula is C20H25N5O4. The topological polar surface area (TPSA) is 117 Å². The van der Waals surface area contributed by atoms with Gasteiger partial charge in [-0.15, -0.1) is 0 Å². The number of aromatic nitrogens is 2. The molecule has 3 aromatic rings. The first kappa shape index (κ1) is 20.2. The summed E-state index contributed by atoms with van der Waals surface area (Å²) in [4.78, 5) is 13.6. The van der Waals surface area contributed by atoms with E-state index in [0.29, 0.717) is 11.5 Å². The van der Waals surface area contributed by atoms with E-state index in [2.05, 4.69) is 41.7 Å². The lowest BCUT2D eigenvalue weighted by molar-refractivity contribution is 0.0824. The summed E-state index contributed by atoms with van der Waals surface area (Å²) in [6.07, 6.45) is 1.61. The van der Waals surface area contributed by atoms with Gasteiger partial charge in [-0.05, 0) is 40.0 Å². The maximum atomic E-state index is 12.2. The Labute approximate surface area is 168 Å². The second-order valence-electron chi connectivity index (χ2n) is 7.95. The largest absolute Gasteiger partial charge is 0.505 e. The van der Waals surface area contributed by atoms with E-state index >= 15 is 0 Å². The lowest BCUT2D eigenvalue weighted by atomic mass is 9.85. The van der Waals surface area contributed by atoms with Crippen molar-refractivity contribution >= 4 is 23.2 Å². The molecule has 9 heteroatoms. The van der Waals surface area contributed by atoms with Crippen LogP contribution in [0, 0.1) is 5.41 Å². The Bertz CT molecular complexity index is 973. The first-order chi connectivity index (χ1) is 13.7. The predicted octanol–water partition coefficient (Wildman–Crippen LogP) is 4.01. The van der Waals surface area contributed by atoms with Crippen molar-refractivity contribution in [1.29, 1.82) is 0 Å². The molecule has 0 bridgehead atoms. The number of phenolic OH excluding ortho intramolecular Hbond substituents is 1. The van der Waals surface area contributed by atoms with E-state index in [1.54, 1.807) is 38.6 Å². The summed E-state index contributed by atoms with van der Waals surface area (Å²) in [6.45, 7) is 6.20. The molecule has 154 valence electrons. The minimum atomic E-state index is -0.312. The van der Waals surface area contributed by atoms with Crippen LogP contribution in [0.15, 0.2) is 45.6 Å². The van der Waals surface area contributed by atoms with E-state index in [1.165, 1.54) is 4.90 Å². The van der Waals surface area contributed by atoms with Gasteiger partial charge in [0.1, 0.15) is 5.76 Å². The van der Waals surface area contributed by atoms with Crippen LogP contribution in [0.2, 0.25) is 0 Å². The van der Waals surface area contributed by atoms with Gasteiger partial charge in [-0.2, -0.15) is 0 Å². The molecule has 0 aliphatic heterocycles. The van der Waals surface area contributed by atoms with Gasteiger partial charge in [-0.1, -0.05) is 26.8 Å². The number of benzene rings is 1. The van der Waals surface area contributed by atoms with Crippen molar-refractivity contribution in [2.24, 2.45) is 5.41 Å². The number of carbonyl (C=O) groups excluding carboxylic acids is 1. The Kier molecular flexibility index (Phi) is 5.49. The third kappa shape index (κ3) is 4.34. The summed E-state index contributed by atoms with van der Waals surface area (Å²) in [7, 11) is 3.24. The fraction of sp³-hybridized carbons (Fsp3) is 0.350. The summed E-state index contributed by atoms with van der Waals surface area (Å²) in [5, 5.41) is 24.6. The van der Waals surface area contributed by atoms with Crippen molar-refractivity contribution in [2.45, 2.75) is 26.8 Å². The van der Waals surface area contributed by atoms with Crippen LogP contribution in [0.25, 0.3) is 0 Å². The minimum Gasteiger partial charge on any atom is -0.505 e. The van der Waals surface area contributed by atoms with Crippen molar-refractivity contribution in [3.05, 3.63) is 47.9 Å². The highest BCUT2D eigenvalue weighted by Crippen LogP contribution is 2.38. The number of amides is 1. The SMILES string of the molecule is CN(C)C(=O)c1cccc(Nc2nonc2N[C@@H](c2ccco2)C(C)(C)C)c1O. The molecule has 0 fully saturated rings. The number of furan rings is 1. The third-order valence-electron chi connectivity index (χ3n) is 4.39. The van der Waals surface area contributed by atoms with E-state index in [1.807, 2.05) is 12.1 Å². The lowest BCUT2D eigenvalue weighted by Crippen LogP contribution is -2.25. The molecule has 0 unspecified atom stereocenters. The van der Waals surface area contributed by atoms with Gasteiger partial charge in [0.15, 0.2) is 5.75 Å². The molecule has 0 aliphatic carbocycles. The molecule has 1 amide bonds. The highest BCUT2D eigenvalue weighted by atomic mass is 16.6. The molecule has 0 saturated heterocycles. The predicted molar refractivity (Wildman–Crippen MR) is 108 cm³/mol. The Balaban J connectivity index is 1.88. The summed E-state index contributed by atoms with van der Waals surface area (Å²) in [6, 6.07) is 8.34. The smallest absolute Gasteiger partial charge is 0.257 e. The van der Waals surface area contributed by atoms with Crippen molar-refractivity contribution in [3.63, 3.8) is 0 Å². The fourth-order valence-corrected chi connectivity index (χ4v) is 2.86. The normalized spacial score (nSPS) is 12.4. The first-order valence-corrected chi connectivity index (χ1v) is 9.11. The number of hydrogen-bond donors (Lipinski definition) is 3. The molecule has 2 heterocycles. The molecule has 3 N–H and O–H groups in total. The Hall–Kier alpha value is -3.49. The molecule has 1 atom stereocenters. The maximum Gasteiger partial charge on any atom is 0.257 e. The van der Waals surface area contributed by atoms with Crippen LogP contribution in [-0.2, 0) is 0 Å². The molecule has 0 spiro atoms. The van der Waals surface area contributed by atoms with Gasteiger partial charge >= 0.3 is 0 Å². The average molecular weight is 399 g/mol. The van der Waals surface area contributed by atoms with E-state index in [9.17, 15) is 9.90 Å². The second-order valence-corrected chi connectivity index (χ2v) is 7.95. The number of nitrogens with one attached hydrogen (secondary N) is 2. The zero-order valence-corrected chi connectivity index (χ0v) is 17.1. The minimum absolute atomic E-state index is 0.175. The van der Waals surface area contributed by atoms with Gasteiger partial charge in [0.25, 0.3) is 5.91 Å². The number of hydrogen-bond acceptors (Lipinski definition) is 8. The van der Waals surface area contributed by atoms with Gasteiger partial charge in [0.05, 0.1) is 23.6 Å². The zero-order valence-electron chi connectivity index (χ0n) is 17.1. The Morgan fingerprint density at radius 1 is 1.14 bits per heavy atom. The van der Waals surface area contributed by atoms with Crippen LogP contribution in [0.3, 0.4) is 0 Å². The van der Waals surface area contributed by atoms with Gasteiger partial charge in [0, 0.05) is 14.1 Å². The number of rotatable bonds is 6. The van der Waals surface area contributed by atoms with E-state index in [0.717, 1.165) is 5.76 Å². The fourth-order valence-electron chi connectivity index (χ4n) is 2.86. The van der Waals surface area contributed by atoms with Crippen LogP contribution >= 0.6 is 0 Å². The molecule has 0 aliphatic rings. The van der Waals surface area contributed by atoms with Crippen molar-refractivity contribution < 1.29 is 18.9 Å². The summed E-state index contributed by atoms with van der Waals surface area (Å²) < 4.78 is 10.5. The van der Waals surface area contributed by atoms with Crippen LogP contribution in [0.1, 0.15) is 42.9 Å². The standard InChI is InChI=1S/C20H25N5O4/c1-20(2,3)16(14-10-7-11-28-14)22-18-17(23-29-24-18)21-13-9-6-8-12(15(13)26)19(27)25(4)5/h6-11,16,26H,1-5H3,(H,21,23)(H,22,24)/t16-/m0/s1. The first-order valence-electron chi connectivity index (χ1n) is 9.11. The molecule has 0 saturated carbocycles. The molecular weight excluding hydrogens is 374 g/mol. The quantitative estimate of drug-likeness (QED) is 0.532. The summed E-state index contributed by atoms with van der Waals surface area (Å²) in [5.41, 5.74) is 0.282. The highest BCUT2D eigenvalue weighted by molar-refractivity contribution is 5.98. The van der Waals surface area contributed by atoms with E-state index < -0.39 is 0 Å². The number of carbonyl (C=O) groups is 1. The van der Waals surface area contributed by atoms with E-state index in [4.69, 9.17) is 9.05 Å². The Morgan fingerprint density at radius 3 is 2.48 bits per heavy atom. The van der Waals surface area contributed by atoms with Crippen LogP contribution in [0.4, 0.5) is 17.3 Å². The van der Waals surface area contributed by atoms with Crippen molar-refractivity contribution in [3.8, 4) is 5.75 Å². The molecule has 1 aromatic carbocycles. The molecule has 2 aromatic heterocycles. The molecule has 29 heavy (non-hydrogen) atoms. The molecule has 3 rings (SSSR count). The monoisotopic (exact) mass is 399 g/mol. The van der Waals surface area contributed by atoms with Crippen molar-refractivity contribution in [2.75, 3.05) is 24.7 Å². The number of anilines is 3. The van der Waals surface area contributed by atoms with Gasteiger partial charge in [-0.25, -0.2) is 4.63 Å². The summed E-state index contributed by atoms with van der Waals surface area (Å²) >= 11 is 0. The molecule has 9 nitrogen and oxygen atoms in total. The zero-order chi connectivity index (χ0) is 21.2. The van der Waals surface area contributed by atoms with Crippen LogP contribution in [0.5, 0.6) is 5.75 Å². The van der Waals surface area contributed by atoms with Crippen molar-refractivity contribution in [1.82, 2.24) is 15.2 Å². The average Bonchev–Trinajstić information content (AvgIpc) is 3.31. The van der Waals surface area contributed by atoms with Crippen LogP contribution in [-0.4, -0.2) is 40.3 Å². The second kappa shape index (κ2) is 7.86. The highest BCUT2D eigenvalue weighted by Gasteiger charge is 2.30. The van der Waals surface area contributed by atoms with Gasteiger partial charge in [0.2, 0.25) is 11.6 Å². The van der Waals surface area contributed by atoms with Gasteiger partial charge < -0.3 is 25.1 Å². The van der Waals surface area contributed by atoms with E-state index in [-0.39, 0.29) is 34.5 Å². The number of nitrogens with zero attached hydrogens (tertiary/aromatic N) is 3. The summed E-state index contributed by atoms with van der Waals surface area (Å²) in [5.74, 6) is 0.875. The lowest BCUT2D eigenvalue weighted by Gasteiger charge is -2.29. The van der Waals surface area contributed by atoms with Gasteiger partial charge in [-0.3, -0.25) is 4.79 Å². The number of para-hydroxylation sites is 1. The van der Waals surface area contributed by atoms with Crippen LogP contribution < -0.4 is 10.6 Å². The number of phenols is 1. The third-order valence-corrected chi connectivity index (χ3v) is 4.39. The number of aromatic hydroxyl groups is 1.